The Morgan fingerprint density at radius 2 is 1.83 bits per heavy atom. The molecule has 154 valence electrons. The molecule has 0 bridgehead atoms. The first kappa shape index (κ1) is 19.8. The molecule has 0 saturated carbocycles. The first-order valence-corrected chi connectivity index (χ1v) is 10.1. The third-order valence-electron chi connectivity index (χ3n) is 5.13. The van der Waals surface area contributed by atoms with Crippen LogP contribution < -0.4 is 5.32 Å². The van der Waals surface area contributed by atoms with Crippen LogP contribution in [0.25, 0.3) is 11.5 Å². The highest BCUT2D eigenvalue weighted by Crippen LogP contribution is 2.15. The van der Waals surface area contributed by atoms with Crippen molar-refractivity contribution in [3.05, 3.63) is 66.2 Å². The second-order valence-electron chi connectivity index (χ2n) is 7.22. The number of nitrogens with zero attached hydrogens (tertiary/aromatic N) is 4. The molecule has 8 nitrogen and oxygen atoms in total. The van der Waals surface area contributed by atoms with Crippen LogP contribution in [-0.2, 0) is 11.2 Å². The molecule has 2 aromatic heterocycles. The van der Waals surface area contributed by atoms with Crippen molar-refractivity contribution in [1.82, 2.24) is 25.3 Å². The van der Waals surface area contributed by atoms with Gasteiger partial charge in [-0.1, -0.05) is 29.4 Å². The van der Waals surface area contributed by atoms with Crippen LogP contribution in [0.2, 0.25) is 0 Å². The van der Waals surface area contributed by atoms with Gasteiger partial charge < -0.3 is 14.7 Å². The monoisotopic (exact) mass is 405 g/mol. The van der Waals surface area contributed by atoms with Crippen molar-refractivity contribution in [2.75, 3.05) is 13.1 Å². The van der Waals surface area contributed by atoms with Crippen molar-refractivity contribution in [1.29, 1.82) is 0 Å². The number of nitrogens with one attached hydrogen (secondary N) is 1. The van der Waals surface area contributed by atoms with E-state index in [-0.39, 0.29) is 17.9 Å². The minimum absolute atomic E-state index is 0.0559. The van der Waals surface area contributed by atoms with E-state index in [0.29, 0.717) is 48.9 Å². The zero-order chi connectivity index (χ0) is 20.8. The highest BCUT2D eigenvalue weighted by Gasteiger charge is 2.24. The predicted octanol–water partition coefficient (Wildman–Crippen LogP) is 2.49. The molecule has 1 N–H and O–H groups in total. The summed E-state index contributed by atoms with van der Waals surface area (Å²) in [6, 6.07) is 14.7. The fourth-order valence-electron chi connectivity index (χ4n) is 3.46. The minimum atomic E-state index is -0.0690. The number of carbonyl (C=O) groups is 2. The molecule has 1 aliphatic heterocycles. The summed E-state index contributed by atoms with van der Waals surface area (Å²) in [5, 5.41) is 6.98. The minimum Gasteiger partial charge on any atom is -0.349 e. The lowest BCUT2D eigenvalue weighted by molar-refractivity contribution is -0.132. The number of likely N-dealkylation sites (tertiary alicyclic amines) is 1. The summed E-state index contributed by atoms with van der Waals surface area (Å²) in [6.45, 7) is 1.25. The molecule has 3 heterocycles. The maximum absolute atomic E-state index is 12.5. The van der Waals surface area contributed by atoms with Gasteiger partial charge in [-0.3, -0.25) is 14.6 Å². The van der Waals surface area contributed by atoms with Gasteiger partial charge in [0.2, 0.25) is 17.6 Å². The van der Waals surface area contributed by atoms with Crippen LogP contribution in [0.5, 0.6) is 0 Å². The molecular weight excluding hydrogens is 382 g/mol. The second-order valence-corrected chi connectivity index (χ2v) is 7.22. The highest BCUT2D eigenvalue weighted by atomic mass is 16.5. The molecule has 1 saturated heterocycles. The Morgan fingerprint density at radius 3 is 2.57 bits per heavy atom. The van der Waals surface area contributed by atoms with Gasteiger partial charge in [-0.2, -0.15) is 4.98 Å². The number of piperidine rings is 1. The van der Waals surface area contributed by atoms with Crippen molar-refractivity contribution in [2.45, 2.75) is 31.7 Å². The zero-order valence-electron chi connectivity index (χ0n) is 16.5. The van der Waals surface area contributed by atoms with Crippen LogP contribution >= 0.6 is 0 Å². The molecule has 8 heteroatoms. The third kappa shape index (κ3) is 4.89. The van der Waals surface area contributed by atoms with Gasteiger partial charge in [0, 0.05) is 43.7 Å². The Labute approximate surface area is 174 Å². The van der Waals surface area contributed by atoms with Gasteiger partial charge in [0.05, 0.1) is 0 Å². The van der Waals surface area contributed by atoms with E-state index in [9.17, 15) is 9.59 Å². The summed E-state index contributed by atoms with van der Waals surface area (Å²) in [6.07, 6.45) is 3.86. The van der Waals surface area contributed by atoms with Crippen LogP contribution in [-0.4, -0.2) is 51.0 Å². The van der Waals surface area contributed by atoms with Gasteiger partial charge in [0.1, 0.15) is 5.69 Å². The summed E-state index contributed by atoms with van der Waals surface area (Å²) in [4.78, 5) is 35.1. The molecule has 0 radical (unpaired) electrons. The molecule has 0 atom stereocenters. The summed E-state index contributed by atoms with van der Waals surface area (Å²) in [7, 11) is 0. The maximum Gasteiger partial charge on any atom is 0.251 e. The van der Waals surface area contributed by atoms with Crippen molar-refractivity contribution in [2.24, 2.45) is 0 Å². The van der Waals surface area contributed by atoms with Crippen LogP contribution in [0.15, 0.2) is 59.3 Å². The molecule has 1 aliphatic rings. The molecule has 2 amide bonds. The summed E-state index contributed by atoms with van der Waals surface area (Å²) in [5.74, 6) is 0.836. The molecule has 3 aromatic rings. The molecule has 1 aromatic carbocycles. The van der Waals surface area contributed by atoms with Crippen LogP contribution in [0, 0.1) is 0 Å². The van der Waals surface area contributed by atoms with Crippen molar-refractivity contribution in [3.63, 3.8) is 0 Å². The Kier molecular flexibility index (Phi) is 6.12. The summed E-state index contributed by atoms with van der Waals surface area (Å²) in [5.41, 5.74) is 1.29. The van der Waals surface area contributed by atoms with Gasteiger partial charge in [0.15, 0.2) is 0 Å². The summed E-state index contributed by atoms with van der Waals surface area (Å²) >= 11 is 0. The van der Waals surface area contributed by atoms with E-state index in [2.05, 4.69) is 20.4 Å². The first-order valence-electron chi connectivity index (χ1n) is 10.1. The van der Waals surface area contributed by atoms with Crippen molar-refractivity contribution in [3.8, 4) is 11.5 Å². The standard InChI is InChI=1S/C22H23N5O3/c28-20(10-9-19-25-21(26-30-19)18-8-4-5-13-23-18)27-14-11-17(12-15-27)24-22(29)16-6-2-1-3-7-16/h1-8,13,17H,9-12,14-15H2,(H,24,29). The number of hydrogen-bond acceptors (Lipinski definition) is 6. The number of aromatic nitrogens is 3. The quantitative estimate of drug-likeness (QED) is 0.676. The van der Waals surface area contributed by atoms with Gasteiger partial charge >= 0.3 is 0 Å². The van der Waals surface area contributed by atoms with E-state index in [1.165, 1.54) is 0 Å². The molecule has 0 spiro atoms. The zero-order valence-corrected chi connectivity index (χ0v) is 16.5. The predicted molar refractivity (Wildman–Crippen MR) is 109 cm³/mol. The number of aryl methyl sites for hydroxylation is 1. The number of hydrogen-bond donors (Lipinski definition) is 1. The average Bonchev–Trinajstić information content (AvgIpc) is 3.28. The van der Waals surface area contributed by atoms with E-state index in [1.807, 2.05) is 35.2 Å². The number of rotatable bonds is 6. The van der Waals surface area contributed by atoms with Crippen LogP contribution in [0.3, 0.4) is 0 Å². The lowest BCUT2D eigenvalue weighted by Crippen LogP contribution is -2.46. The van der Waals surface area contributed by atoms with E-state index in [1.54, 1.807) is 24.4 Å². The molecule has 0 aliphatic carbocycles. The largest absolute Gasteiger partial charge is 0.349 e. The average molecular weight is 405 g/mol. The fourth-order valence-corrected chi connectivity index (χ4v) is 3.46. The lowest BCUT2D eigenvalue weighted by atomic mass is 10.0. The first-order chi connectivity index (χ1) is 14.7. The smallest absolute Gasteiger partial charge is 0.251 e. The Bertz CT molecular complexity index is 982. The van der Waals surface area contributed by atoms with E-state index in [4.69, 9.17) is 4.52 Å². The molecule has 4 rings (SSSR count). The number of carbonyl (C=O) groups excluding carboxylic acids is 2. The molecular formula is C22H23N5O3. The van der Waals surface area contributed by atoms with E-state index in [0.717, 1.165) is 12.8 Å². The molecule has 1 fully saturated rings. The van der Waals surface area contributed by atoms with Crippen molar-refractivity contribution >= 4 is 11.8 Å². The molecule has 30 heavy (non-hydrogen) atoms. The van der Waals surface area contributed by atoms with E-state index < -0.39 is 0 Å². The Balaban J connectivity index is 1.22. The van der Waals surface area contributed by atoms with Crippen molar-refractivity contribution < 1.29 is 14.1 Å². The maximum atomic E-state index is 12.5. The van der Waals surface area contributed by atoms with Crippen LogP contribution in [0.4, 0.5) is 0 Å². The number of pyridine rings is 1. The van der Waals surface area contributed by atoms with Gasteiger partial charge in [-0.05, 0) is 37.1 Å². The fraction of sp³-hybridized carbons (Fsp3) is 0.318. The van der Waals surface area contributed by atoms with Crippen LogP contribution in [0.1, 0.15) is 35.5 Å². The SMILES string of the molecule is O=C(NC1CCN(C(=O)CCc2nc(-c3ccccn3)no2)CC1)c1ccccc1. The number of amides is 2. The van der Waals surface area contributed by atoms with E-state index >= 15 is 0 Å². The Hall–Kier alpha value is -3.55. The lowest BCUT2D eigenvalue weighted by Gasteiger charge is -2.32. The normalized spacial score (nSPS) is 14.5. The highest BCUT2D eigenvalue weighted by molar-refractivity contribution is 5.94. The third-order valence-corrected chi connectivity index (χ3v) is 5.13. The number of benzene rings is 1. The Morgan fingerprint density at radius 1 is 1.07 bits per heavy atom. The topological polar surface area (TPSA) is 101 Å². The van der Waals surface area contributed by atoms with Gasteiger partial charge in [-0.15, -0.1) is 0 Å². The molecule has 0 unspecified atom stereocenters. The van der Waals surface area contributed by atoms with Gasteiger partial charge in [-0.25, -0.2) is 0 Å². The summed E-state index contributed by atoms with van der Waals surface area (Å²) < 4.78 is 5.24. The second kappa shape index (κ2) is 9.30. The van der Waals surface area contributed by atoms with Gasteiger partial charge in [0.25, 0.3) is 5.91 Å².